The minimum absolute atomic E-state index is 0.0724. The molecule has 0 radical (unpaired) electrons. The van der Waals surface area contributed by atoms with E-state index in [1.807, 2.05) is 48.9 Å². The Kier molecular flexibility index (Phi) is 5.16. The molecule has 3 aromatic rings. The normalized spacial score (nSPS) is 13.2. The summed E-state index contributed by atoms with van der Waals surface area (Å²) in [7, 11) is 0. The fourth-order valence-electron chi connectivity index (χ4n) is 3.41. The van der Waals surface area contributed by atoms with Crippen LogP contribution in [0, 0.1) is 13.8 Å². The molecule has 0 bridgehead atoms. The second-order valence-corrected chi connectivity index (χ2v) is 7.26. The van der Waals surface area contributed by atoms with Gasteiger partial charge in [-0.15, -0.1) is 0 Å². The maximum Gasteiger partial charge on any atom is 0.231 e. The van der Waals surface area contributed by atoms with E-state index >= 15 is 0 Å². The van der Waals surface area contributed by atoms with Gasteiger partial charge in [-0.2, -0.15) is 5.10 Å². The molecule has 0 saturated heterocycles. The van der Waals surface area contributed by atoms with Gasteiger partial charge in [-0.1, -0.05) is 35.0 Å². The molecule has 2 amide bonds. The minimum atomic E-state index is -0.286. The van der Waals surface area contributed by atoms with Gasteiger partial charge in [-0.25, -0.2) is 4.68 Å². The van der Waals surface area contributed by atoms with Crippen LogP contribution in [0.15, 0.2) is 40.9 Å². The molecule has 1 aliphatic heterocycles. The van der Waals surface area contributed by atoms with Crippen molar-refractivity contribution < 1.29 is 14.1 Å². The van der Waals surface area contributed by atoms with Gasteiger partial charge < -0.3 is 4.52 Å². The Balaban J connectivity index is 1.33. The lowest BCUT2D eigenvalue weighted by Crippen LogP contribution is -2.37. The number of aromatic nitrogens is 3. The zero-order valence-electron chi connectivity index (χ0n) is 16.5. The Morgan fingerprint density at radius 1 is 1.10 bits per heavy atom. The van der Waals surface area contributed by atoms with Crippen LogP contribution in [-0.4, -0.2) is 33.3 Å². The number of fused-ring (bicyclic) bond motifs is 1. The highest BCUT2D eigenvalue weighted by Gasteiger charge is 2.24. The topological polar surface area (TPSA) is 93.3 Å². The van der Waals surface area contributed by atoms with Gasteiger partial charge in [0.2, 0.25) is 17.7 Å². The molecule has 8 nitrogen and oxygen atoms in total. The predicted octanol–water partition coefficient (Wildman–Crippen LogP) is 3.31. The molecular formula is C21H23N5O3. The van der Waals surface area contributed by atoms with Gasteiger partial charge in [0.05, 0.1) is 5.69 Å². The van der Waals surface area contributed by atoms with Crippen LogP contribution in [0.5, 0.6) is 0 Å². The number of carbonyl (C=O) groups excluding carboxylic acids is 2. The fraction of sp³-hybridized carbons (Fsp3) is 0.333. The molecule has 4 rings (SSSR count). The third kappa shape index (κ3) is 4.21. The summed E-state index contributed by atoms with van der Waals surface area (Å²) in [5.41, 5.74) is 3.59. The Morgan fingerprint density at radius 3 is 2.69 bits per heavy atom. The van der Waals surface area contributed by atoms with Crippen molar-refractivity contribution >= 4 is 23.5 Å². The Hall–Kier alpha value is -3.42. The smallest absolute Gasteiger partial charge is 0.231 e. The lowest BCUT2D eigenvalue weighted by Gasteiger charge is -2.27. The quantitative estimate of drug-likeness (QED) is 0.718. The highest BCUT2D eigenvalue weighted by molar-refractivity contribution is 5.97. The number of aryl methyl sites for hydroxylation is 3. The number of anilines is 2. The van der Waals surface area contributed by atoms with Gasteiger partial charge in [-0.05, 0) is 20.3 Å². The molecule has 1 N–H and O–H groups in total. The first-order valence-electron chi connectivity index (χ1n) is 9.68. The van der Waals surface area contributed by atoms with Crippen LogP contribution in [-0.2, 0) is 16.1 Å². The number of amides is 2. The number of rotatable bonds is 5. The first-order chi connectivity index (χ1) is 14.0. The molecule has 0 fully saturated rings. The number of benzene rings is 1. The molecule has 0 unspecified atom stereocenters. The van der Waals surface area contributed by atoms with Gasteiger partial charge >= 0.3 is 0 Å². The average Bonchev–Trinajstić information content (AvgIpc) is 3.32. The second-order valence-electron chi connectivity index (χ2n) is 7.26. The van der Waals surface area contributed by atoms with Crippen molar-refractivity contribution in [2.75, 3.05) is 16.8 Å². The summed E-state index contributed by atoms with van der Waals surface area (Å²) in [6.45, 7) is 5.37. The van der Waals surface area contributed by atoms with E-state index in [9.17, 15) is 9.59 Å². The summed E-state index contributed by atoms with van der Waals surface area (Å²) in [4.78, 5) is 26.6. The van der Waals surface area contributed by atoms with E-state index < -0.39 is 0 Å². The van der Waals surface area contributed by atoms with Crippen LogP contribution < -0.4 is 10.2 Å². The third-order valence-corrected chi connectivity index (χ3v) is 4.90. The summed E-state index contributed by atoms with van der Waals surface area (Å²) in [5, 5.41) is 11.1. The van der Waals surface area contributed by atoms with Crippen molar-refractivity contribution in [1.29, 1.82) is 0 Å². The van der Waals surface area contributed by atoms with E-state index in [4.69, 9.17) is 4.52 Å². The van der Waals surface area contributed by atoms with Crippen molar-refractivity contribution in [1.82, 2.24) is 14.9 Å². The summed E-state index contributed by atoms with van der Waals surface area (Å²) >= 11 is 0. The summed E-state index contributed by atoms with van der Waals surface area (Å²) in [6.07, 6.45) is 1.05. The Bertz CT molecular complexity index is 1040. The van der Waals surface area contributed by atoms with Gasteiger partial charge in [0, 0.05) is 43.6 Å². The summed E-state index contributed by atoms with van der Waals surface area (Å²) < 4.78 is 7.05. The Labute approximate surface area is 168 Å². The first-order valence-corrected chi connectivity index (χ1v) is 9.68. The molecule has 0 atom stereocenters. The van der Waals surface area contributed by atoms with E-state index in [-0.39, 0.29) is 30.5 Å². The highest BCUT2D eigenvalue weighted by atomic mass is 16.5. The second kappa shape index (κ2) is 7.90. The largest absolute Gasteiger partial charge is 0.338 e. The van der Waals surface area contributed by atoms with Crippen molar-refractivity contribution in [2.45, 2.75) is 39.7 Å². The van der Waals surface area contributed by atoms with Crippen molar-refractivity contribution in [3.05, 3.63) is 47.7 Å². The zero-order valence-corrected chi connectivity index (χ0v) is 16.5. The molecule has 0 saturated carbocycles. The molecule has 0 spiro atoms. The molecule has 2 aromatic heterocycles. The average molecular weight is 393 g/mol. The van der Waals surface area contributed by atoms with Crippen LogP contribution in [0.1, 0.15) is 30.5 Å². The maximum atomic E-state index is 12.6. The van der Waals surface area contributed by atoms with E-state index in [0.29, 0.717) is 12.2 Å². The van der Waals surface area contributed by atoms with Gasteiger partial charge in [0.25, 0.3) is 0 Å². The molecule has 3 heterocycles. The number of nitrogens with zero attached hydrogens (tertiary/aromatic N) is 4. The van der Waals surface area contributed by atoms with Crippen LogP contribution in [0.3, 0.4) is 0 Å². The first kappa shape index (κ1) is 18.9. The Morgan fingerprint density at radius 2 is 1.90 bits per heavy atom. The van der Waals surface area contributed by atoms with E-state index in [0.717, 1.165) is 35.6 Å². The van der Waals surface area contributed by atoms with E-state index in [2.05, 4.69) is 15.6 Å². The maximum absolute atomic E-state index is 12.6. The monoisotopic (exact) mass is 393 g/mol. The number of nitrogens with one attached hydrogen (secondary N) is 1. The fourth-order valence-corrected chi connectivity index (χ4v) is 3.41. The molecule has 29 heavy (non-hydrogen) atoms. The summed E-state index contributed by atoms with van der Waals surface area (Å²) in [6, 6.07) is 11.4. The SMILES string of the molecule is Cc1ccc(-c2cc(NC(=O)CCC(=O)N3CCCn4nc(C)cc43)on2)cc1. The van der Waals surface area contributed by atoms with Crippen molar-refractivity contribution in [3.63, 3.8) is 0 Å². The van der Waals surface area contributed by atoms with Crippen molar-refractivity contribution in [2.24, 2.45) is 0 Å². The lowest BCUT2D eigenvalue weighted by molar-refractivity contribution is -0.122. The van der Waals surface area contributed by atoms with Crippen LogP contribution >= 0.6 is 0 Å². The molecule has 8 heteroatoms. The highest BCUT2D eigenvalue weighted by Crippen LogP contribution is 2.24. The molecule has 1 aliphatic rings. The molecule has 150 valence electrons. The zero-order chi connectivity index (χ0) is 20.4. The predicted molar refractivity (Wildman–Crippen MR) is 108 cm³/mol. The van der Waals surface area contributed by atoms with Crippen LogP contribution in [0.4, 0.5) is 11.7 Å². The van der Waals surface area contributed by atoms with Crippen molar-refractivity contribution in [3.8, 4) is 11.3 Å². The van der Waals surface area contributed by atoms with Gasteiger partial charge in [0.15, 0.2) is 0 Å². The van der Waals surface area contributed by atoms with E-state index in [1.54, 1.807) is 11.0 Å². The number of hydrogen-bond acceptors (Lipinski definition) is 5. The third-order valence-electron chi connectivity index (χ3n) is 4.90. The lowest BCUT2D eigenvalue weighted by atomic mass is 10.1. The number of hydrogen-bond donors (Lipinski definition) is 1. The summed E-state index contributed by atoms with van der Waals surface area (Å²) in [5.74, 6) is 0.701. The van der Waals surface area contributed by atoms with Crippen LogP contribution in [0.2, 0.25) is 0 Å². The van der Waals surface area contributed by atoms with Gasteiger partial charge in [-0.3, -0.25) is 19.8 Å². The van der Waals surface area contributed by atoms with E-state index in [1.165, 1.54) is 0 Å². The molecule has 0 aliphatic carbocycles. The van der Waals surface area contributed by atoms with Gasteiger partial charge in [0.1, 0.15) is 11.5 Å². The number of carbonyl (C=O) groups is 2. The molecule has 1 aromatic carbocycles. The standard InChI is InChI=1S/C21H23N5O3/c1-14-4-6-16(7-5-14)17-13-19(29-24-17)22-18(27)8-9-21(28)25-10-3-11-26-20(25)12-15(2)23-26/h4-7,12-13H,3,8-11H2,1-2H3,(H,22,27). The molecular weight excluding hydrogens is 370 g/mol. The minimum Gasteiger partial charge on any atom is -0.338 e. The van der Waals surface area contributed by atoms with Crippen LogP contribution in [0.25, 0.3) is 11.3 Å².